The van der Waals surface area contributed by atoms with Gasteiger partial charge >= 0.3 is 0 Å². The Bertz CT molecular complexity index is 1130. The van der Waals surface area contributed by atoms with Gasteiger partial charge in [-0.15, -0.1) is 0 Å². The number of hydrogen-bond acceptors (Lipinski definition) is 6. The first-order chi connectivity index (χ1) is 17.4. The Labute approximate surface area is 217 Å². The van der Waals surface area contributed by atoms with Crippen molar-refractivity contribution in [2.24, 2.45) is 4.99 Å². The van der Waals surface area contributed by atoms with E-state index in [2.05, 4.69) is 95.1 Å². The molecule has 0 saturated carbocycles. The van der Waals surface area contributed by atoms with Gasteiger partial charge in [0.1, 0.15) is 12.8 Å². The minimum absolute atomic E-state index is 0.0655. The van der Waals surface area contributed by atoms with Gasteiger partial charge in [0.2, 0.25) is 0 Å². The van der Waals surface area contributed by atoms with Crippen LogP contribution in [0.2, 0.25) is 25.7 Å². The number of hydrazine groups is 1. The Morgan fingerprint density at radius 1 is 0.972 bits per heavy atom. The fraction of sp³-hybridized carbons (Fsp3) is 0.448. The quantitative estimate of drug-likeness (QED) is 0.321. The number of allylic oxidation sites excluding steroid dienone is 1. The molecule has 36 heavy (non-hydrogen) atoms. The first-order valence-corrected chi connectivity index (χ1v) is 17.0. The number of fused-ring (bicyclic) bond motifs is 1. The highest BCUT2D eigenvalue weighted by atomic mass is 28.3. The molecule has 4 heterocycles. The molecule has 1 saturated heterocycles. The van der Waals surface area contributed by atoms with Crippen LogP contribution in [-0.4, -0.2) is 60.1 Å². The molecule has 1 atom stereocenters. The molecule has 0 aliphatic carbocycles. The van der Waals surface area contributed by atoms with Gasteiger partial charge in [0.05, 0.1) is 5.70 Å². The van der Waals surface area contributed by atoms with E-state index < -0.39 is 8.07 Å². The number of likely N-dealkylation sites (tertiary alicyclic amines) is 1. The van der Waals surface area contributed by atoms with Crippen molar-refractivity contribution >= 4 is 19.4 Å². The molecule has 6 nitrogen and oxygen atoms in total. The van der Waals surface area contributed by atoms with Gasteiger partial charge < -0.3 is 9.64 Å². The van der Waals surface area contributed by atoms with Gasteiger partial charge in [-0.2, -0.15) is 5.01 Å². The number of aliphatic imine (C=N–C) groups is 1. The summed E-state index contributed by atoms with van der Waals surface area (Å²) in [5, 5.41) is 4.63. The summed E-state index contributed by atoms with van der Waals surface area (Å²) in [4.78, 5) is 12.0. The average Bonchev–Trinajstić information content (AvgIpc) is 3.20. The van der Waals surface area contributed by atoms with Crippen LogP contribution in [-0.2, 0) is 4.74 Å². The summed E-state index contributed by atoms with van der Waals surface area (Å²) in [5.74, 6) is 1.04. The SMILES string of the molecule is CC1=NC2=C(N3CCCCC3)C(c3ccccc3)N(COCC[Si](C)(C)C)N2C=C1c1ccncc1. The van der Waals surface area contributed by atoms with Crippen molar-refractivity contribution in [2.75, 3.05) is 26.4 Å². The van der Waals surface area contributed by atoms with Gasteiger partial charge in [0.15, 0.2) is 5.82 Å². The van der Waals surface area contributed by atoms with E-state index in [9.17, 15) is 0 Å². The van der Waals surface area contributed by atoms with Crippen LogP contribution in [0.15, 0.2) is 77.6 Å². The smallest absolute Gasteiger partial charge is 0.169 e. The lowest BCUT2D eigenvalue weighted by atomic mass is 10.0. The number of aromatic nitrogens is 1. The second kappa shape index (κ2) is 10.7. The fourth-order valence-electron chi connectivity index (χ4n) is 5.21. The van der Waals surface area contributed by atoms with Crippen molar-refractivity contribution < 1.29 is 4.74 Å². The predicted octanol–water partition coefficient (Wildman–Crippen LogP) is 6.14. The maximum atomic E-state index is 6.38. The fourth-order valence-corrected chi connectivity index (χ4v) is 5.96. The number of benzene rings is 1. The van der Waals surface area contributed by atoms with Crippen molar-refractivity contribution in [1.29, 1.82) is 0 Å². The molecular weight excluding hydrogens is 462 g/mol. The average molecular weight is 502 g/mol. The topological polar surface area (TPSA) is 44.2 Å². The van der Waals surface area contributed by atoms with Gasteiger partial charge in [0.25, 0.3) is 0 Å². The van der Waals surface area contributed by atoms with Crippen LogP contribution < -0.4 is 0 Å². The molecule has 190 valence electrons. The minimum atomic E-state index is -1.17. The number of rotatable bonds is 8. The van der Waals surface area contributed by atoms with Crippen molar-refractivity contribution in [3.63, 3.8) is 0 Å². The normalized spacial score (nSPS) is 20.9. The molecule has 3 aliphatic rings. The highest BCUT2D eigenvalue weighted by Crippen LogP contribution is 2.45. The lowest BCUT2D eigenvalue weighted by Crippen LogP contribution is -2.40. The van der Waals surface area contributed by atoms with E-state index in [4.69, 9.17) is 9.73 Å². The highest BCUT2D eigenvalue weighted by Gasteiger charge is 2.43. The lowest BCUT2D eigenvalue weighted by Gasteiger charge is -2.36. The minimum Gasteiger partial charge on any atom is -0.370 e. The molecule has 1 fully saturated rings. The van der Waals surface area contributed by atoms with Crippen molar-refractivity contribution in [1.82, 2.24) is 19.9 Å². The van der Waals surface area contributed by atoms with E-state index in [1.54, 1.807) is 0 Å². The Kier molecular flexibility index (Phi) is 7.41. The van der Waals surface area contributed by atoms with Crippen LogP contribution in [0.4, 0.5) is 0 Å². The maximum absolute atomic E-state index is 6.38. The number of piperidine rings is 1. The van der Waals surface area contributed by atoms with Gasteiger partial charge in [0, 0.05) is 57.6 Å². The summed E-state index contributed by atoms with van der Waals surface area (Å²) in [6, 6.07) is 16.2. The summed E-state index contributed by atoms with van der Waals surface area (Å²) in [7, 11) is -1.17. The van der Waals surface area contributed by atoms with Gasteiger partial charge in [-0.25, -0.2) is 4.99 Å². The first-order valence-electron chi connectivity index (χ1n) is 13.3. The summed E-state index contributed by atoms with van der Waals surface area (Å²) in [5.41, 5.74) is 5.88. The molecule has 2 aromatic rings. The summed E-state index contributed by atoms with van der Waals surface area (Å²) in [6.07, 6.45) is 9.71. The number of hydrogen-bond donors (Lipinski definition) is 0. The molecule has 0 spiro atoms. The maximum Gasteiger partial charge on any atom is 0.169 e. The van der Waals surface area contributed by atoms with E-state index in [0.29, 0.717) is 6.73 Å². The molecule has 0 amide bonds. The van der Waals surface area contributed by atoms with Crippen molar-refractivity contribution in [3.8, 4) is 0 Å². The number of ether oxygens (including phenoxy) is 1. The number of pyridine rings is 1. The molecule has 5 rings (SSSR count). The van der Waals surface area contributed by atoms with E-state index in [1.807, 2.05) is 12.4 Å². The monoisotopic (exact) mass is 501 g/mol. The van der Waals surface area contributed by atoms with E-state index in [0.717, 1.165) is 48.4 Å². The molecule has 0 radical (unpaired) electrons. The van der Waals surface area contributed by atoms with Crippen LogP contribution in [0.25, 0.3) is 5.57 Å². The first kappa shape index (κ1) is 24.9. The predicted molar refractivity (Wildman–Crippen MR) is 150 cm³/mol. The molecule has 1 unspecified atom stereocenters. The van der Waals surface area contributed by atoms with Crippen LogP contribution in [0.3, 0.4) is 0 Å². The van der Waals surface area contributed by atoms with Crippen LogP contribution in [0.5, 0.6) is 0 Å². The van der Waals surface area contributed by atoms with Crippen LogP contribution in [0, 0.1) is 0 Å². The van der Waals surface area contributed by atoms with Gasteiger partial charge in [-0.1, -0.05) is 50.0 Å². The molecule has 1 aromatic carbocycles. The highest BCUT2D eigenvalue weighted by molar-refractivity contribution is 6.76. The second-order valence-electron chi connectivity index (χ2n) is 11.2. The third-order valence-corrected chi connectivity index (χ3v) is 8.92. The zero-order valence-corrected chi connectivity index (χ0v) is 23.2. The molecule has 1 aromatic heterocycles. The Morgan fingerprint density at radius 3 is 2.39 bits per heavy atom. The summed E-state index contributed by atoms with van der Waals surface area (Å²) >= 11 is 0. The third-order valence-electron chi connectivity index (χ3n) is 7.22. The van der Waals surface area contributed by atoms with Crippen LogP contribution in [0.1, 0.15) is 43.4 Å². The Balaban J connectivity index is 1.56. The third kappa shape index (κ3) is 5.33. The van der Waals surface area contributed by atoms with Crippen molar-refractivity contribution in [3.05, 3.63) is 83.7 Å². The molecule has 3 aliphatic heterocycles. The summed E-state index contributed by atoms with van der Waals surface area (Å²) < 4.78 is 6.38. The molecular formula is C29H39N5OSi. The van der Waals surface area contributed by atoms with Gasteiger partial charge in [-0.3, -0.25) is 9.99 Å². The molecule has 0 N–H and O–H groups in total. The van der Waals surface area contributed by atoms with Gasteiger partial charge in [-0.05, 0) is 55.5 Å². The zero-order valence-electron chi connectivity index (χ0n) is 22.2. The lowest BCUT2D eigenvalue weighted by molar-refractivity contribution is -0.0681. The van der Waals surface area contributed by atoms with E-state index in [1.165, 1.54) is 30.5 Å². The second-order valence-corrected chi connectivity index (χ2v) is 16.8. The Morgan fingerprint density at radius 2 is 1.69 bits per heavy atom. The van der Waals surface area contributed by atoms with E-state index >= 15 is 0 Å². The molecule has 0 bridgehead atoms. The zero-order chi connectivity index (χ0) is 25.1. The van der Waals surface area contributed by atoms with E-state index in [-0.39, 0.29) is 6.04 Å². The number of nitrogens with zero attached hydrogens (tertiary/aromatic N) is 5. The summed E-state index contributed by atoms with van der Waals surface area (Å²) in [6.45, 7) is 12.8. The van der Waals surface area contributed by atoms with Crippen molar-refractivity contribution in [2.45, 2.75) is 57.9 Å². The van der Waals surface area contributed by atoms with Crippen LogP contribution >= 0.6 is 0 Å². The Hall–Kier alpha value is -2.74. The largest absolute Gasteiger partial charge is 0.370 e. The molecule has 7 heteroatoms. The standard InChI is InChI=1S/C29H39N5OSi/c1-23-26(24-13-15-30-16-14-24)21-33-29(31-23)28(32-17-9-6-10-18-32)27(25-11-7-5-8-12-25)34(33)22-35-19-20-36(2,3)4/h5,7-8,11-16,21,27H,6,9-10,17-20,22H2,1-4H3.